The van der Waals surface area contributed by atoms with E-state index in [4.69, 9.17) is 5.73 Å². The standard InChI is InChI=1S/C11H15BrN2O2S2/c1-14(9-4-5-17-7-9)18(15,16)11-3-2-8(12)6-10(11)13/h2-3,6,9H,4-5,7,13H2,1H3. The normalized spacial score (nSPS) is 20.5. The Hall–Kier alpha value is -0.240. The molecule has 0 aromatic heterocycles. The molecule has 18 heavy (non-hydrogen) atoms. The number of halogens is 1. The van der Waals surface area contributed by atoms with E-state index in [0.717, 1.165) is 22.4 Å². The Morgan fingerprint density at radius 3 is 2.78 bits per heavy atom. The molecular formula is C11H15BrN2O2S2. The molecule has 1 unspecified atom stereocenters. The van der Waals surface area contributed by atoms with Gasteiger partial charge in [0.15, 0.2) is 0 Å². The van der Waals surface area contributed by atoms with Gasteiger partial charge in [0.1, 0.15) is 4.90 Å². The van der Waals surface area contributed by atoms with E-state index in [1.807, 2.05) is 0 Å². The Labute approximate surface area is 120 Å². The van der Waals surface area contributed by atoms with Gasteiger partial charge in [0.05, 0.1) is 5.69 Å². The molecule has 0 spiro atoms. The third kappa shape index (κ3) is 2.68. The predicted octanol–water partition coefficient (Wildman–Crippen LogP) is 2.16. The summed E-state index contributed by atoms with van der Waals surface area (Å²) in [4.78, 5) is 0.185. The molecule has 0 aliphatic carbocycles. The first-order valence-corrected chi connectivity index (χ1v) is 8.92. The van der Waals surface area contributed by atoms with Crippen molar-refractivity contribution in [2.24, 2.45) is 0 Å². The van der Waals surface area contributed by atoms with Crippen LogP contribution in [0.2, 0.25) is 0 Å². The predicted molar refractivity (Wildman–Crippen MR) is 79.2 cm³/mol. The summed E-state index contributed by atoms with van der Waals surface area (Å²) in [6.45, 7) is 0. The molecule has 1 fully saturated rings. The summed E-state index contributed by atoms with van der Waals surface area (Å²) in [5, 5.41) is 0. The minimum absolute atomic E-state index is 0.0723. The second kappa shape index (κ2) is 5.40. The molecule has 1 atom stereocenters. The van der Waals surface area contributed by atoms with Crippen molar-refractivity contribution in [2.75, 3.05) is 24.3 Å². The van der Waals surface area contributed by atoms with Crippen LogP contribution < -0.4 is 5.73 Å². The van der Waals surface area contributed by atoms with Crippen molar-refractivity contribution < 1.29 is 8.42 Å². The molecule has 100 valence electrons. The van der Waals surface area contributed by atoms with Gasteiger partial charge in [-0.05, 0) is 30.4 Å². The molecule has 0 radical (unpaired) electrons. The van der Waals surface area contributed by atoms with Gasteiger partial charge in [0, 0.05) is 23.3 Å². The lowest BCUT2D eigenvalue weighted by Crippen LogP contribution is -2.37. The molecule has 0 amide bonds. The summed E-state index contributed by atoms with van der Waals surface area (Å²) < 4.78 is 27.2. The van der Waals surface area contributed by atoms with Gasteiger partial charge in [-0.1, -0.05) is 15.9 Å². The van der Waals surface area contributed by atoms with Crippen LogP contribution in [0.4, 0.5) is 5.69 Å². The number of thioether (sulfide) groups is 1. The number of hydrogen-bond acceptors (Lipinski definition) is 4. The van der Waals surface area contributed by atoms with E-state index in [1.165, 1.54) is 4.31 Å². The van der Waals surface area contributed by atoms with Crippen molar-refractivity contribution in [3.63, 3.8) is 0 Å². The second-order valence-electron chi connectivity index (χ2n) is 4.22. The summed E-state index contributed by atoms with van der Waals surface area (Å²) >= 11 is 5.06. The lowest BCUT2D eigenvalue weighted by molar-refractivity contribution is 0.395. The van der Waals surface area contributed by atoms with Crippen LogP contribution >= 0.6 is 27.7 Å². The fraction of sp³-hybridized carbons (Fsp3) is 0.455. The number of sulfonamides is 1. The maximum Gasteiger partial charge on any atom is 0.245 e. The van der Waals surface area contributed by atoms with Crippen molar-refractivity contribution in [1.82, 2.24) is 4.31 Å². The lowest BCUT2D eigenvalue weighted by Gasteiger charge is -2.23. The van der Waals surface area contributed by atoms with Gasteiger partial charge in [-0.25, -0.2) is 8.42 Å². The van der Waals surface area contributed by atoms with Gasteiger partial charge in [-0.3, -0.25) is 0 Å². The highest BCUT2D eigenvalue weighted by molar-refractivity contribution is 9.10. The van der Waals surface area contributed by atoms with Crippen LogP contribution in [0.15, 0.2) is 27.6 Å². The lowest BCUT2D eigenvalue weighted by atomic mass is 10.3. The molecule has 1 saturated heterocycles. The first-order chi connectivity index (χ1) is 8.43. The summed E-state index contributed by atoms with van der Waals surface area (Å²) in [7, 11) is -1.86. The molecule has 1 aliphatic heterocycles. The Balaban J connectivity index is 2.35. The van der Waals surface area contributed by atoms with E-state index < -0.39 is 10.0 Å². The first-order valence-electron chi connectivity index (χ1n) is 5.53. The van der Waals surface area contributed by atoms with E-state index in [9.17, 15) is 8.42 Å². The van der Waals surface area contributed by atoms with E-state index in [0.29, 0.717) is 0 Å². The maximum absolute atomic E-state index is 12.5. The van der Waals surface area contributed by atoms with Crippen molar-refractivity contribution in [3.8, 4) is 0 Å². The minimum atomic E-state index is -3.50. The minimum Gasteiger partial charge on any atom is -0.398 e. The molecule has 2 rings (SSSR count). The Kier molecular flexibility index (Phi) is 4.25. The van der Waals surface area contributed by atoms with Crippen LogP contribution in [0.1, 0.15) is 6.42 Å². The molecule has 0 saturated carbocycles. The zero-order valence-electron chi connectivity index (χ0n) is 9.97. The van der Waals surface area contributed by atoms with Crippen molar-refractivity contribution >= 4 is 43.4 Å². The van der Waals surface area contributed by atoms with Crippen molar-refractivity contribution in [3.05, 3.63) is 22.7 Å². The average Bonchev–Trinajstić information content (AvgIpc) is 2.80. The highest BCUT2D eigenvalue weighted by Gasteiger charge is 2.31. The first kappa shape index (κ1) is 14.2. The van der Waals surface area contributed by atoms with Crippen LogP contribution in [-0.2, 0) is 10.0 Å². The van der Waals surface area contributed by atoms with Crippen molar-refractivity contribution in [1.29, 1.82) is 0 Å². The fourth-order valence-corrected chi connectivity index (χ4v) is 5.13. The molecular weight excluding hydrogens is 336 g/mol. The molecule has 1 heterocycles. The second-order valence-corrected chi connectivity index (χ2v) is 8.25. The Bertz CT molecular complexity index is 542. The fourth-order valence-electron chi connectivity index (χ4n) is 1.91. The molecule has 7 heteroatoms. The third-order valence-corrected chi connectivity index (χ3v) is 6.67. The van der Waals surface area contributed by atoms with E-state index in [1.54, 1.807) is 37.0 Å². The molecule has 1 aromatic rings. The van der Waals surface area contributed by atoms with E-state index >= 15 is 0 Å². The highest BCUT2D eigenvalue weighted by Crippen LogP contribution is 2.29. The topological polar surface area (TPSA) is 63.4 Å². The third-order valence-electron chi connectivity index (χ3n) is 3.05. The SMILES string of the molecule is CN(C1CCSC1)S(=O)(=O)c1ccc(Br)cc1N. The maximum atomic E-state index is 12.5. The number of benzene rings is 1. The van der Waals surface area contributed by atoms with Crippen molar-refractivity contribution in [2.45, 2.75) is 17.4 Å². The van der Waals surface area contributed by atoms with Gasteiger partial charge >= 0.3 is 0 Å². The number of nitrogens with two attached hydrogens (primary N) is 1. The summed E-state index contributed by atoms with van der Waals surface area (Å²) in [6.07, 6.45) is 0.900. The summed E-state index contributed by atoms with van der Waals surface area (Å²) in [5.74, 6) is 1.87. The van der Waals surface area contributed by atoms with Crippen LogP contribution in [0.25, 0.3) is 0 Å². The quantitative estimate of drug-likeness (QED) is 0.848. The van der Waals surface area contributed by atoms with Gasteiger partial charge in [-0.2, -0.15) is 16.1 Å². The Morgan fingerprint density at radius 2 is 2.22 bits per heavy atom. The largest absolute Gasteiger partial charge is 0.398 e. The molecule has 0 bridgehead atoms. The average molecular weight is 351 g/mol. The van der Waals surface area contributed by atoms with E-state index in [-0.39, 0.29) is 16.6 Å². The molecule has 2 N–H and O–H groups in total. The van der Waals surface area contributed by atoms with Crippen LogP contribution in [0.5, 0.6) is 0 Å². The zero-order valence-corrected chi connectivity index (χ0v) is 13.2. The van der Waals surface area contributed by atoms with Gasteiger partial charge in [0.2, 0.25) is 10.0 Å². The number of nitrogens with zero attached hydrogens (tertiary/aromatic N) is 1. The Morgan fingerprint density at radius 1 is 1.50 bits per heavy atom. The van der Waals surface area contributed by atoms with Gasteiger partial charge in [-0.15, -0.1) is 0 Å². The number of anilines is 1. The monoisotopic (exact) mass is 350 g/mol. The summed E-state index contributed by atoms with van der Waals surface area (Å²) in [5.41, 5.74) is 6.08. The molecule has 1 aliphatic rings. The molecule has 4 nitrogen and oxygen atoms in total. The van der Waals surface area contributed by atoms with Crippen LogP contribution in [-0.4, -0.2) is 37.3 Å². The summed E-state index contributed by atoms with van der Waals surface area (Å²) in [6, 6.07) is 4.93. The highest BCUT2D eigenvalue weighted by atomic mass is 79.9. The molecule has 1 aromatic carbocycles. The van der Waals surface area contributed by atoms with Gasteiger partial charge in [0.25, 0.3) is 0 Å². The van der Waals surface area contributed by atoms with Crippen LogP contribution in [0, 0.1) is 0 Å². The van der Waals surface area contributed by atoms with E-state index in [2.05, 4.69) is 15.9 Å². The van der Waals surface area contributed by atoms with Gasteiger partial charge < -0.3 is 5.73 Å². The number of nitrogen functional groups attached to an aromatic ring is 1. The van der Waals surface area contributed by atoms with Crippen LogP contribution in [0.3, 0.4) is 0 Å². The smallest absolute Gasteiger partial charge is 0.245 e. The number of rotatable bonds is 3. The number of hydrogen-bond donors (Lipinski definition) is 1. The zero-order chi connectivity index (χ0) is 13.3.